The highest BCUT2D eigenvalue weighted by Gasteiger charge is 2.15. The van der Waals surface area contributed by atoms with Gasteiger partial charge in [-0.15, -0.1) is 0 Å². The van der Waals surface area contributed by atoms with Gasteiger partial charge in [-0.1, -0.05) is 11.8 Å². The molecule has 0 atom stereocenters. The van der Waals surface area contributed by atoms with Crippen molar-refractivity contribution in [2.45, 2.75) is 5.16 Å². The molecule has 0 spiro atoms. The number of rotatable bonds is 5. The molecule has 128 valence electrons. The number of ether oxygens (including phenoxy) is 3. The molecule has 0 saturated carbocycles. The Bertz CT molecular complexity index is 938. The molecule has 0 saturated heterocycles. The second kappa shape index (κ2) is 6.68. The van der Waals surface area contributed by atoms with Crippen LogP contribution < -0.4 is 14.2 Å². The van der Waals surface area contributed by atoms with Crippen molar-refractivity contribution in [1.29, 1.82) is 0 Å². The highest BCUT2D eigenvalue weighted by Crippen LogP contribution is 2.31. The lowest BCUT2D eigenvalue weighted by molar-refractivity contribution is 0.102. The third-order valence-corrected chi connectivity index (χ3v) is 4.74. The number of fused-ring (bicyclic) bond motifs is 2. The number of carbonyl (C=O) groups excluding carboxylic acids is 1. The van der Waals surface area contributed by atoms with E-state index >= 15 is 0 Å². The number of Topliss-reactive ketones (excluding diaryl/α,β-unsaturated/α-hetero) is 1. The van der Waals surface area contributed by atoms with Crippen molar-refractivity contribution >= 4 is 28.6 Å². The molecule has 0 radical (unpaired) electrons. The molecular weight excluding hydrogens is 340 g/mol. The Morgan fingerprint density at radius 1 is 1.20 bits per heavy atom. The van der Waals surface area contributed by atoms with Gasteiger partial charge in [0.2, 0.25) is 0 Å². The van der Waals surface area contributed by atoms with E-state index < -0.39 is 0 Å². The smallest absolute Gasteiger partial charge is 0.173 e. The van der Waals surface area contributed by atoms with Crippen LogP contribution in [0.15, 0.2) is 41.6 Å². The van der Waals surface area contributed by atoms with Crippen LogP contribution in [0.25, 0.3) is 11.0 Å². The van der Waals surface area contributed by atoms with Gasteiger partial charge in [-0.25, -0.2) is 4.98 Å². The zero-order valence-corrected chi connectivity index (χ0v) is 14.4. The first kappa shape index (κ1) is 15.8. The van der Waals surface area contributed by atoms with E-state index in [1.807, 2.05) is 18.2 Å². The zero-order valence-electron chi connectivity index (χ0n) is 13.6. The number of H-pyrrole nitrogens is 1. The average Bonchev–Trinajstić information content (AvgIpc) is 3.07. The lowest BCUT2D eigenvalue weighted by atomic mass is 10.1. The fourth-order valence-electron chi connectivity index (χ4n) is 2.59. The van der Waals surface area contributed by atoms with Gasteiger partial charge in [-0.3, -0.25) is 4.79 Å². The van der Waals surface area contributed by atoms with Crippen molar-refractivity contribution in [3.8, 4) is 17.2 Å². The van der Waals surface area contributed by atoms with Crippen molar-refractivity contribution in [1.82, 2.24) is 9.97 Å². The number of hydrogen-bond acceptors (Lipinski definition) is 6. The van der Waals surface area contributed by atoms with Crippen LogP contribution in [0.1, 0.15) is 10.4 Å². The molecule has 1 aliphatic rings. The van der Waals surface area contributed by atoms with Gasteiger partial charge in [-0.05, 0) is 30.3 Å². The van der Waals surface area contributed by atoms with E-state index in [-0.39, 0.29) is 11.5 Å². The number of benzene rings is 2. The minimum atomic E-state index is 0.0139. The van der Waals surface area contributed by atoms with E-state index in [0.717, 1.165) is 16.8 Å². The monoisotopic (exact) mass is 356 g/mol. The maximum absolute atomic E-state index is 12.4. The maximum atomic E-state index is 12.4. The number of carbonyl (C=O) groups is 1. The molecule has 25 heavy (non-hydrogen) atoms. The number of imidazole rings is 1. The highest BCUT2D eigenvalue weighted by molar-refractivity contribution is 7.99. The van der Waals surface area contributed by atoms with E-state index in [2.05, 4.69) is 9.97 Å². The van der Waals surface area contributed by atoms with Gasteiger partial charge in [0.15, 0.2) is 22.4 Å². The summed E-state index contributed by atoms with van der Waals surface area (Å²) in [4.78, 5) is 20.1. The summed E-state index contributed by atoms with van der Waals surface area (Å²) in [5.41, 5.74) is 2.33. The fourth-order valence-corrected chi connectivity index (χ4v) is 3.37. The minimum absolute atomic E-state index is 0.0139. The summed E-state index contributed by atoms with van der Waals surface area (Å²) < 4.78 is 16.2. The molecule has 4 rings (SSSR count). The van der Waals surface area contributed by atoms with Crippen LogP contribution in [-0.2, 0) is 0 Å². The Kier molecular flexibility index (Phi) is 4.23. The third kappa shape index (κ3) is 3.28. The SMILES string of the molecule is COc1ccc2nc(SCC(=O)c3ccc4c(c3)OCCO4)[nH]c2c1. The number of aromatic amines is 1. The zero-order chi connectivity index (χ0) is 17.2. The van der Waals surface area contributed by atoms with E-state index in [0.29, 0.717) is 35.4 Å². The van der Waals surface area contributed by atoms with Crippen molar-refractivity contribution in [2.24, 2.45) is 0 Å². The summed E-state index contributed by atoms with van der Waals surface area (Å²) in [6.45, 7) is 1.04. The molecule has 0 fully saturated rings. The van der Waals surface area contributed by atoms with Crippen LogP contribution in [-0.4, -0.2) is 41.8 Å². The first-order valence-electron chi connectivity index (χ1n) is 7.82. The predicted molar refractivity (Wildman–Crippen MR) is 95.1 cm³/mol. The molecule has 1 aliphatic heterocycles. The molecular formula is C18H16N2O4S. The molecule has 0 bridgehead atoms. The van der Waals surface area contributed by atoms with E-state index in [1.54, 1.807) is 25.3 Å². The Morgan fingerprint density at radius 3 is 2.88 bits per heavy atom. The maximum Gasteiger partial charge on any atom is 0.173 e. The number of aromatic nitrogens is 2. The molecule has 0 amide bonds. The summed E-state index contributed by atoms with van der Waals surface area (Å²) in [5.74, 6) is 2.37. The van der Waals surface area contributed by atoms with Gasteiger partial charge >= 0.3 is 0 Å². The largest absolute Gasteiger partial charge is 0.497 e. The lowest BCUT2D eigenvalue weighted by Gasteiger charge is -2.18. The van der Waals surface area contributed by atoms with Crippen LogP contribution in [0.5, 0.6) is 17.2 Å². The second-order valence-electron chi connectivity index (χ2n) is 5.50. The number of nitrogens with one attached hydrogen (secondary N) is 1. The van der Waals surface area contributed by atoms with Gasteiger partial charge in [0.25, 0.3) is 0 Å². The average molecular weight is 356 g/mol. The first-order chi connectivity index (χ1) is 12.2. The fraction of sp³-hybridized carbons (Fsp3) is 0.222. The summed E-state index contributed by atoms with van der Waals surface area (Å²) >= 11 is 1.37. The quantitative estimate of drug-likeness (QED) is 0.558. The van der Waals surface area contributed by atoms with Gasteiger partial charge in [0.05, 0.1) is 23.9 Å². The number of hydrogen-bond donors (Lipinski definition) is 1. The second-order valence-corrected chi connectivity index (χ2v) is 6.46. The Morgan fingerprint density at radius 2 is 2.04 bits per heavy atom. The summed E-state index contributed by atoms with van der Waals surface area (Å²) in [6.07, 6.45) is 0. The van der Waals surface area contributed by atoms with Gasteiger partial charge in [0, 0.05) is 11.6 Å². The molecule has 3 aromatic rings. The highest BCUT2D eigenvalue weighted by atomic mass is 32.2. The molecule has 2 aromatic carbocycles. The molecule has 7 heteroatoms. The van der Waals surface area contributed by atoms with Crippen LogP contribution in [0.4, 0.5) is 0 Å². The topological polar surface area (TPSA) is 73.4 Å². The van der Waals surface area contributed by atoms with Crippen LogP contribution in [0.2, 0.25) is 0 Å². The van der Waals surface area contributed by atoms with Crippen LogP contribution in [0.3, 0.4) is 0 Å². The normalized spacial score (nSPS) is 13.0. The minimum Gasteiger partial charge on any atom is -0.497 e. The van der Waals surface area contributed by atoms with E-state index in [4.69, 9.17) is 14.2 Å². The molecule has 6 nitrogen and oxygen atoms in total. The summed E-state index contributed by atoms with van der Waals surface area (Å²) in [7, 11) is 1.62. The Hall–Kier alpha value is -2.67. The molecule has 1 N–H and O–H groups in total. The molecule has 2 heterocycles. The van der Waals surface area contributed by atoms with Crippen molar-refractivity contribution < 1.29 is 19.0 Å². The van der Waals surface area contributed by atoms with Crippen LogP contribution >= 0.6 is 11.8 Å². The van der Waals surface area contributed by atoms with Crippen molar-refractivity contribution in [3.63, 3.8) is 0 Å². The van der Waals surface area contributed by atoms with Gasteiger partial charge < -0.3 is 19.2 Å². The van der Waals surface area contributed by atoms with E-state index in [1.165, 1.54) is 11.8 Å². The number of methoxy groups -OCH3 is 1. The predicted octanol–water partition coefficient (Wildman–Crippen LogP) is 3.32. The van der Waals surface area contributed by atoms with Gasteiger partial charge in [0.1, 0.15) is 19.0 Å². The summed E-state index contributed by atoms with van der Waals surface area (Å²) in [5, 5.41) is 0.703. The third-order valence-electron chi connectivity index (χ3n) is 3.87. The number of nitrogens with zero attached hydrogens (tertiary/aromatic N) is 1. The first-order valence-corrected chi connectivity index (χ1v) is 8.81. The molecule has 0 aliphatic carbocycles. The van der Waals surface area contributed by atoms with Crippen molar-refractivity contribution in [3.05, 3.63) is 42.0 Å². The van der Waals surface area contributed by atoms with Crippen molar-refractivity contribution in [2.75, 3.05) is 26.1 Å². The van der Waals surface area contributed by atoms with Crippen LogP contribution in [0, 0.1) is 0 Å². The Balaban J connectivity index is 1.46. The lowest BCUT2D eigenvalue weighted by Crippen LogP contribution is -2.16. The Labute approximate surface area is 148 Å². The summed E-state index contributed by atoms with van der Waals surface area (Å²) in [6, 6.07) is 10.9. The number of thioether (sulfide) groups is 1. The van der Waals surface area contributed by atoms with E-state index in [9.17, 15) is 4.79 Å². The molecule has 0 unspecified atom stereocenters. The van der Waals surface area contributed by atoms with Gasteiger partial charge in [-0.2, -0.15) is 0 Å². The number of ketones is 1. The molecule has 1 aromatic heterocycles. The standard InChI is InChI=1S/C18H16N2O4S/c1-22-12-3-4-13-14(9-12)20-18(19-13)25-10-15(21)11-2-5-16-17(8-11)24-7-6-23-16/h2-5,8-9H,6-7,10H2,1H3,(H,19,20).